The van der Waals surface area contributed by atoms with Crippen molar-refractivity contribution in [3.63, 3.8) is 0 Å². The molecule has 86 valence electrons. The second kappa shape index (κ2) is 3.78. The van der Waals surface area contributed by atoms with Gasteiger partial charge in [-0.15, -0.1) is 0 Å². The van der Waals surface area contributed by atoms with E-state index in [1.54, 1.807) is 0 Å². The lowest BCUT2D eigenvalue weighted by Crippen LogP contribution is -2.43. The second-order valence-electron chi connectivity index (χ2n) is 5.42. The van der Waals surface area contributed by atoms with Crippen LogP contribution in [0.1, 0.15) is 39.5 Å². The van der Waals surface area contributed by atoms with Crippen molar-refractivity contribution in [2.24, 2.45) is 11.3 Å². The van der Waals surface area contributed by atoms with Crippen LogP contribution in [0.2, 0.25) is 0 Å². The molecule has 2 rings (SSSR count). The molecule has 1 unspecified atom stereocenters. The van der Waals surface area contributed by atoms with Gasteiger partial charge < -0.3 is 5.11 Å². The third kappa shape index (κ3) is 1.67. The molecule has 0 amide bonds. The topological polar surface area (TPSA) is 40.5 Å². The predicted octanol–water partition coefficient (Wildman–Crippen LogP) is 1.97. The molecule has 1 aliphatic heterocycles. The molecule has 15 heavy (non-hydrogen) atoms. The van der Waals surface area contributed by atoms with Crippen LogP contribution in [-0.2, 0) is 4.79 Å². The van der Waals surface area contributed by atoms with Crippen LogP contribution in [0.4, 0.5) is 0 Å². The summed E-state index contributed by atoms with van der Waals surface area (Å²) in [5.74, 6) is -0.362. The Bertz CT molecular complexity index is 260. The van der Waals surface area contributed by atoms with Crippen LogP contribution in [0.5, 0.6) is 0 Å². The van der Waals surface area contributed by atoms with Crippen molar-refractivity contribution in [1.82, 2.24) is 4.90 Å². The molecular weight excluding hydrogens is 190 g/mol. The maximum atomic E-state index is 11.4. The molecule has 1 N–H and O–H groups in total. The highest BCUT2D eigenvalue weighted by Crippen LogP contribution is 2.41. The zero-order valence-corrected chi connectivity index (χ0v) is 9.70. The van der Waals surface area contributed by atoms with Gasteiger partial charge in [0.15, 0.2) is 0 Å². The highest BCUT2D eigenvalue weighted by atomic mass is 16.4. The van der Waals surface area contributed by atoms with Crippen LogP contribution >= 0.6 is 0 Å². The zero-order chi connectivity index (χ0) is 11.1. The molecule has 2 aliphatic rings. The van der Waals surface area contributed by atoms with E-state index in [0.29, 0.717) is 6.04 Å². The summed E-state index contributed by atoms with van der Waals surface area (Å²) in [6.07, 6.45) is 4.70. The van der Waals surface area contributed by atoms with E-state index >= 15 is 0 Å². The van der Waals surface area contributed by atoms with E-state index in [1.165, 1.54) is 19.3 Å². The number of hydrogen-bond donors (Lipinski definition) is 1. The van der Waals surface area contributed by atoms with Crippen molar-refractivity contribution in [2.45, 2.75) is 45.6 Å². The van der Waals surface area contributed by atoms with Crippen LogP contribution < -0.4 is 0 Å². The minimum Gasteiger partial charge on any atom is -0.481 e. The lowest BCUT2D eigenvalue weighted by atomic mass is 9.76. The van der Waals surface area contributed by atoms with Gasteiger partial charge in [0.05, 0.1) is 5.41 Å². The highest BCUT2D eigenvalue weighted by Gasteiger charge is 2.48. The SMILES string of the molecule is CC(C)C1(C(=O)O)CCN(C2CCC2)C1. The average Bonchev–Trinajstić information content (AvgIpc) is 2.46. The van der Waals surface area contributed by atoms with Crippen molar-refractivity contribution in [1.29, 1.82) is 0 Å². The molecule has 1 saturated carbocycles. The van der Waals surface area contributed by atoms with Gasteiger partial charge in [-0.1, -0.05) is 20.3 Å². The normalized spacial score (nSPS) is 33.3. The zero-order valence-electron chi connectivity index (χ0n) is 9.70. The average molecular weight is 211 g/mol. The van der Waals surface area contributed by atoms with E-state index in [-0.39, 0.29) is 5.92 Å². The molecule has 1 heterocycles. The number of nitrogens with zero attached hydrogens (tertiary/aromatic N) is 1. The van der Waals surface area contributed by atoms with E-state index in [9.17, 15) is 9.90 Å². The molecule has 0 radical (unpaired) electrons. The lowest BCUT2D eigenvalue weighted by molar-refractivity contribution is -0.151. The summed E-state index contributed by atoms with van der Waals surface area (Å²) in [6, 6.07) is 0.685. The summed E-state index contributed by atoms with van der Waals surface area (Å²) in [7, 11) is 0. The molecule has 2 fully saturated rings. The van der Waals surface area contributed by atoms with Crippen molar-refractivity contribution in [3.05, 3.63) is 0 Å². The quantitative estimate of drug-likeness (QED) is 0.776. The minimum atomic E-state index is -0.598. The van der Waals surface area contributed by atoms with Gasteiger partial charge in [-0.05, 0) is 31.7 Å². The summed E-state index contributed by atoms with van der Waals surface area (Å²) in [6.45, 7) is 5.83. The van der Waals surface area contributed by atoms with E-state index in [0.717, 1.165) is 19.5 Å². The standard InChI is InChI=1S/C12H21NO2/c1-9(2)12(11(14)15)6-7-13(8-12)10-4-3-5-10/h9-10H,3-8H2,1-2H3,(H,14,15). The molecule has 0 spiro atoms. The molecular formula is C12H21NO2. The van der Waals surface area contributed by atoms with Gasteiger partial charge in [-0.2, -0.15) is 0 Å². The number of aliphatic carboxylic acids is 1. The highest BCUT2D eigenvalue weighted by molar-refractivity contribution is 5.75. The maximum absolute atomic E-state index is 11.4. The van der Waals surface area contributed by atoms with E-state index in [1.807, 2.05) is 13.8 Å². The molecule has 0 aromatic heterocycles. The largest absolute Gasteiger partial charge is 0.481 e. The third-order valence-electron chi connectivity index (χ3n) is 4.45. The fraction of sp³-hybridized carbons (Fsp3) is 0.917. The Balaban J connectivity index is 2.06. The molecule has 0 aromatic rings. The van der Waals surface area contributed by atoms with Crippen molar-refractivity contribution < 1.29 is 9.90 Å². The van der Waals surface area contributed by atoms with Gasteiger partial charge in [-0.25, -0.2) is 0 Å². The molecule has 1 saturated heterocycles. The third-order valence-corrected chi connectivity index (χ3v) is 4.45. The fourth-order valence-corrected chi connectivity index (χ4v) is 2.82. The number of carboxylic acid groups (broad SMARTS) is 1. The monoisotopic (exact) mass is 211 g/mol. The van der Waals surface area contributed by atoms with Gasteiger partial charge in [0.25, 0.3) is 0 Å². The van der Waals surface area contributed by atoms with Gasteiger partial charge in [0.2, 0.25) is 0 Å². The first-order valence-electron chi connectivity index (χ1n) is 6.04. The number of rotatable bonds is 3. The lowest BCUT2D eigenvalue weighted by Gasteiger charge is -2.36. The Kier molecular flexibility index (Phi) is 2.75. The van der Waals surface area contributed by atoms with Crippen molar-refractivity contribution in [2.75, 3.05) is 13.1 Å². The molecule has 0 bridgehead atoms. The summed E-state index contributed by atoms with van der Waals surface area (Å²) in [5.41, 5.74) is -0.477. The summed E-state index contributed by atoms with van der Waals surface area (Å²) < 4.78 is 0. The molecule has 3 heteroatoms. The molecule has 1 aliphatic carbocycles. The Labute approximate surface area is 91.5 Å². The first-order valence-corrected chi connectivity index (χ1v) is 6.04. The van der Waals surface area contributed by atoms with Crippen LogP contribution in [0.3, 0.4) is 0 Å². The van der Waals surface area contributed by atoms with Gasteiger partial charge in [0, 0.05) is 12.6 Å². The Hall–Kier alpha value is -0.570. The maximum Gasteiger partial charge on any atom is 0.311 e. The van der Waals surface area contributed by atoms with E-state index in [2.05, 4.69) is 4.90 Å². The summed E-state index contributed by atoms with van der Waals surface area (Å²) in [4.78, 5) is 13.8. The van der Waals surface area contributed by atoms with Crippen LogP contribution in [0.15, 0.2) is 0 Å². The first kappa shape index (κ1) is 10.9. The second-order valence-corrected chi connectivity index (χ2v) is 5.42. The first-order chi connectivity index (χ1) is 7.06. The minimum absolute atomic E-state index is 0.236. The molecule has 0 aromatic carbocycles. The number of carboxylic acids is 1. The Morgan fingerprint density at radius 1 is 1.47 bits per heavy atom. The Morgan fingerprint density at radius 2 is 2.13 bits per heavy atom. The van der Waals surface area contributed by atoms with Gasteiger partial charge in [0.1, 0.15) is 0 Å². The smallest absolute Gasteiger partial charge is 0.311 e. The Morgan fingerprint density at radius 3 is 2.47 bits per heavy atom. The van der Waals surface area contributed by atoms with Crippen LogP contribution in [-0.4, -0.2) is 35.1 Å². The summed E-state index contributed by atoms with van der Waals surface area (Å²) in [5, 5.41) is 9.40. The van der Waals surface area contributed by atoms with Crippen LogP contribution in [0, 0.1) is 11.3 Å². The fourth-order valence-electron chi connectivity index (χ4n) is 2.82. The molecule has 1 atom stereocenters. The predicted molar refractivity (Wildman–Crippen MR) is 58.7 cm³/mol. The number of likely N-dealkylation sites (tertiary alicyclic amines) is 1. The van der Waals surface area contributed by atoms with Crippen molar-refractivity contribution in [3.8, 4) is 0 Å². The van der Waals surface area contributed by atoms with E-state index < -0.39 is 11.4 Å². The number of carbonyl (C=O) groups is 1. The van der Waals surface area contributed by atoms with Gasteiger partial charge >= 0.3 is 5.97 Å². The van der Waals surface area contributed by atoms with Gasteiger partial charge in [-0.3, -0.25) is 9.69 Å². The van der Waals surface area contributed by atoms with E-state index in [4.69, 9.17) is 0 Å². The number of hydrogen-bond acceptors (Lipinski definition) is 2. The summed E-state index contributed by atoms with van der Waals surface area (Å²) >= 11 is 0. The van der Waals surface area contributed by atoms with Crippen LogP contribution in [0.25, 0.3) is 0 Å². The molecule has 3 nitrogen and oxygen atoms in total. The van der Waals surface area contributed by atoms with Crippen molar-refractivity contribution >= 4 is 5.97 Å².